The van der Waals surface area contributed by atoms with Gasteiger partial charge in [0, 0.05) is 12.5 Å². The van der Waals surface area contributed by atoms with Crippen LogP contribution in [0.5, 0.6) is 5.75 Å². The lowest BCUT2D eigenvalue weighted by Crippen LogP contribution is -2.49. The van der Waals surface area contributed by atoms with Crippen LogP contribution >= 0.6 is 0 Å². The quantitative estimate of drug-likeness (QED) is 0.640. The molecule has 2 heterocycles. The van der Waals surface area contributed by atoms with E-state index in [9.17, 15) is 14.4 Å². The Labute approximate surface area is 176 Å². The van der Waals surface area contributed by atoms with Crippen LogP contribution in [0.25, 0.3) is 0 Å². The maximum absolute atomic E-state index is 12.7. The Morgan fingerprint density at radius 1 is 1.27 bits per heavy atom. The van der Waals surface area contributed by atoms with Crippen molar-refractivity contribution in [1.29, 1.82) is 0 Å². The van der Waals surface area contributed by atoms with Crippen LogP contribution in [0, 0.1) is 0 Å². The van der Waals surface area contributed by atoms with Gasteiger partial charge in [0.1, 0.15) is 17.1 Å². The number of carbonyl (C=O) groups is 2. The molecule has 0 radical (unpaired) electrons. The summed E-state index contributed by atoms with van der Waals surface area (Å²) in [7, 11) is 2.48. The highest BCUT2D eigenvalue weighted by atomic mass is 16.6. The van der Waals surface area contributed by atoms with Crippen LogP contribution in [-0.2, 0) is 20.6 Å². The molecule has 0 N–H and O–H groups in total. The maximum Gasteiger partial charge on any atom is 0.412 e. The average Bonchev–Trinajstić information content (AvgIpc) is 2.93. The van der Waals surface area contributed by atoms with Crippen LogP contribution in [0.4, 0.5) is 4.79 Å². The molecule has 9 heteroatoms. The highest BCUT2D eigenvalue weighted by Gasteiger charge is 2.45. The summed E-state index contributed by atoms with van der Waals surface area (Å²) < 4.78 is 26.5. The van der Waals surface area contributed by atoms with E-state index in [1.54, 1.807) is 4.90 Å². The number of nitrogens with zero attached hydrogens (tertiary/aromatic N) is 1. The molecule has 1 aliphatic rings. The van der Waals surface area contributed by atoms with Gasteiger partial charge in [-0.3, -0.25) is 9.69 Å². The van der Waals surface area contributed by atoms with Crippen LogP contribution in [0.15, 0.2) is 15.3 Å². The number of hydrogen-bond acceptors (Lipinski definition) is 8. The predicted molar refractivity (Wildman–Crippen MR) is 108 cm³/mol. The average molecular weight is 425 g/mol. The number of hydrogen-bond donors (Lipinski definition) is 0. The summed E-state index contributed by atoms with van der Waals surface area (Å²) in [6, 6.07) is 1.12. The molecule has 0 aliphatic carbocycles. The van der Waals surface area contributed by atoms with Gasteiger partial charge in [0.25, 0.3) is 5.76 Å². The van der Waals surface area contributed by atoms with Crippen LogP contribution in [0.1, 0.15) is 63.8 Å². The van der Waals surface area contributed by atoms with Crippen molar-refractivity contribution in [3.63, 3.8) is 0 Å². The Morgan fingerprint density at radius 2 is 1.93 bits per heavy atom. The van der Waals surface area contributed by atoms with Crippen LogP contribution in [-0.4, -0.2) is 55.2 Å². The third-order valence-electron chi connectivity index (χ3n) is 4.66. The van der Waals surface area contributed by atoms with Gasteiger partial charge >= 0.3 is 12.1 Å². The molecule has 0 saturated carbocycles. The van der Waals surface area contributed by atoms with E-state index in [0.717, 1.165) is 0 Å². The number of ether oxygens (including phenoxy) is 4. The third kappa shape index (κ3) is 5.53. The molecular formula is C21H31NO8. The van der Waals surface area contributed by atoms with Crippen molar-refractivity contribution in [2.75, 3.05) is 20.8 Å². The van der Waals surface area contributed by atoms with Crippen molar-refractivity contribution < 1.29 is 33.0 Å². The topological polar surface area (TPSA) is 105 Å². The standard InChI is InChI=1S/C21H31NO8/c1-20(2,3)30-19(25)22-13(12-28-21(22,4)5)9-8-10-14-11-15(23)16(26-6)17(29-14)18(24)27-7/h11,13H,8-10,12H2,1-7H3/t13-/m0/s1. The molecule has 1 saturated heterocycles. The second kappa shape index (κ2) is 9.07. The molecular weight excluding hydrogens is 394 g/mol. The zero-order chi connectivity index (χ0) is 22.7. The molecule has 2 rings (SSSR count). The molecule has 1 aromatic rings. The highest BCUT2D eigenvalue weighted by Crippen LogP contribution is 2.31. The van der Waals surface area contributed by atoms with Crippen molar-refractivity contribution in [2.45, 2.75) is 71.2 Å². The van der Waals surface area contributed by atoms with Crippen molar-refractivity contribution in [2.24, 2.45) is 0 Å². The summed E-state index contributed by atoms with van der Waals surface area (Å²) in [6.07, 6.45) is 1.16. The van der Waals surface area contributed by atoms with E-state index in [0.29, 0.717) is 31.6 Å². The van der Waals surface area contributed by atoms with Gasteiger partial charge in [-0.15, -0.1) is 0 Å². The highest BCUT2D eigenvalue weighted by molar-refractivity contribution is 5.89. The number of methoxy groups -OCH3 is 2. The van der Waals surface area contributed by atoms with Gasteiger partial charge in [0.05, 0.1) is 26.9 Å². The number of carbonyl (C=O) groups excluding carboxylic acids is 2. The van der Waals surface area contributed by atoms with Gasteiger partial charge in [0.2, 0.25) is 11.2 Å². The first-order valence-electron chi connectivity index (χ1n) is 9.85. The van der Waals surface area contributed by atoms with Crippen LogP contribution in [0.2, 0.25) is 0 Å². The predicted octanol–water partition coefficient (Wildman–Crippen LogP) is 3.13. The SMILES string of the molecule is COC(=O)c1oc(CCC[C@H]2COC(C)(C)N2C(=O)OC(C)(C)C)cc(=O)c1OC. The Morgan fingerprint density at radius 3 is 2.50 bits per heavy atom. The second-order valence-corrected chi connectivity index (χ2v) is 8.59. The zero-order valence-corrected chi connectivity index (χ0v) is 18.7. The Kier molecular flexibility index (Phi) is 7.18. The first-order chi connectivity index (χ1) is 13.9. The first-order valence-corrected chi connectivity index (χ1v) is 9.85. The van der Waals surface area contributed by atoms with Crippen molar-refractivity contribution in [3.8, 4) is 5.75 Å². The molecule has 1 amide bonds. The molecule has 1 aliphatic heterocycles. The molecule has 9 nitrogen and oxygen atoms in total. The zero-order valence-electron chi connectivity index (χ0n) is 18.7. The monoisotopic (exact) mass is 425 g/mol. The van der Waals surface area contributed by atoms with Gasteiger partial charge in [-0.2, -0.15) is 0 Å². The molecule has 30 heavy (non-hydrogen) atoms. The Balaban J connectivity index is 2.10. The fourth-order valence-corrected chi connectivity index (χ4v) is 3.36. The number of rotatable bonds is 6. The minimum absolute atomic E-state index is 0.181. The summed E-state index contributed by atoms with van der Waals surface area (Å²) in [5.41, 5.74) is -1.85. The van der Waals surface area contributed by atoms with Crippen molar-refractivity contribution in [1.82, 2.24) is 4.90 Å². The summed E-state index contributed by atoms with van der Waals surface area (Å²) in [5, 5.41) is 0. The summed E-state index contributed by atoms with van der Waals surface area (Å²) in [4.78, 5) is 38.4. The lowest BCUT2D eigenvalue weighted by molar-refractivity contribution is -0.0627. The number of esters is 1. The van der Waals surface area contributed by atoms with E-state index in [1.807, 2.05) is 34.6 Å². The molecule has 1 atom stereocenters. The van der Waals surface area contributed by atoms with Crippen LogP contribution in [0.3, 0.4) is 0 Å². The van der Waals surface area contributed by atoms with Crippen molar-refractivity contribution in [3.05, 3.63) is 27.8 Å². The lowest BCUT2D eigenvalue weighted by Gasteiger charge is -2.35. The third-order valence-corrected chi connectivity index (χ3v) is 4.66. The van der Waals surface area contributed by atoms with E-state index in [2.05, 4.69) is 4.74 Å². The first kappa shape index (κ1) is 23.7. The molecule has 1 aromatic heterocycles. The normalized spacial score (nSPS) is 18.2. The number of aryl methyl sites for hydroxylation is 1. The molecule has 0 aromatic carbocycles. The fourth-order valence-electron chi connectivity index (χ4n) is 3.36. The Bertz CT molecular complexity index is 836. The Hall–Kier alpha value is -2.55. The largest absolute Gasteiger partial charge is 0.489 e. The van der Waals surface area contributed by atoms with E-state index >= 15 is 0 Å². The van der Waals surface area contributed by atoms with Gasteiger partial charge in [-0.1, -0.05) is 0 Å². The van der Waals surface area contributed by atoms with Crippen LogP contribution < -0.4 is 10.2 Å². The fraction of sp³-hybridized carbons (Fsp3) is 0.667. The van der Waals surface area contributed by atoms with E-state index in [-0.39, 0.29) is 17.6 Å². The van der Waals surface area contributed by atoms with Gasteiger partial charge < -0.3 is 23.4 Å². The smallest absolute Gasteiger partial charge is 0.412 e. The summed E-state index contributed by atoms with van der Waals surface area (Å²) >= 11 is 0. The molecule has 1 fully saturated rings. The summed E-state index contributed by atoms with van der Waals surface area (Å²) in [6.45, 7) is 9.47. The van der Waals surface area contributed by atoms with E-state index in [1.165, 1.54) is 20.3 Å². The van der Waals surface area contributed by atoms with Crippen molar-refractivity contribution >= 4 is 12.1 Å². The number of amides is 1. The second-order valence-electron chi connectivity index (χ2n) is 8.59. The maximum atomic E-state index is 12.7. The molecule has 0 bridgehead atoms. The molecule has 168 valence electrons. The minimum atomic E-state index is -0.784. The van der Waals surface area contributed by atoms with Gasteiger partial charge in [-0.05, 0) is 47.5 Å². The molecule has 0 spiro atoms. The minimum Gasteiger partial charge on any atom is -0.489 e. The van der Waals surface area contributed by atoms with Gasteiger partial charge in [0.15, 0.2) is 0 Å². The summed E-state index contributed by atoms with van der Waals surface area (Å²) in [5.74, 6) is -0.896. The molecule has 0 unspecified atom stereocenters. The lowest BCUT2D eigenvalue weighted by atomic mass is 10.1. The van der Waals surface area contributed by atoms with Gasteiger partial charge in [-0.25, -0.2) is 9.59 Å². The van der Waals surface area contributed by atoms with E-state index < -0.39 is 28.8 Å². The van der Waals surface area contributed by atoms with E-state index in [4.69, 9.17) is 18.6 Å².